The van der Waals surface area contributed by atoms with Gasteiger partial charge in [-0.25, -0.2) is 4.79 Å². The van der Waals surface area contributed by atoms with E-state index in [0.717, 1.165) is 0 Å². The maximum absolute atomic E-state index is 10.6. The second-order valence-corrected chi connectivity index (χ2v) is 5.40. The summed E-state index contributed by atoms with van der Waals surface area (Å²) in [5, 5.41) is 20.4. The van der Waals surface area contributed by atoms with Crippen LogP contribution in [0.1, 0.15) is 34.6 Å². The van der Waals surface area contributed by atoms with Gasteiger partial charge in [0.2, 0.25) is 0 Å². The normalized spacial score (nSPS) is 15.0. The Kier molecular flexibility index (Phi) is 3.94. The molecule has 0 aromatic heterocycles. The van der Waals surface area contributed by atoms with Gasteiger partial charge in [0.15, 0.2) is 0 Å². The van der Waals surface area contributed by atoms with Crippen molar-refractivity contribution in [2.24, 2.45) is 10.8 Å². The van der Waals surface area contributed by atoms with Gasteiger partial charge in [-0.2, -0.15) is 0 Å². The molecule has 0 aliphatic carbocycles. The second-order valence-electron chi connectivity index (χ2n) is 5.40. The van der Waals surface area contributed by atoms with Crippen LogP contribution in [0.4, 0.5) is 4.79 Å². The zero-order chi connectivity index (χ0) is 11.6. The molecule has 0 radical (unpaired) electrons. The third-order valence-corrected chi connectivity index (χ3v) is 2.32. The minimum absolute atomic E-state index is 0.0464. The van der Waals surface area contributed by atoms with Crippen molar-refractivity contribution in [2.45, 2.75) is 40.7 Å². The fraction of sp³-hybridized carbons (Fsp3) is 0.900. The number of carboxylic acid groups (broad SMARTS) is 1. The summed E-state index contributed by atoms with van der Waals surface area (Å²) in [5.74, 6) is 0. The summed E-state index contributed by atoms with van der Waals surface area (Å²) in [6, 6.07) is -0.280. The molecule has 4 heteroatoms. The van der Waals surface area contributed by atoms with E-state index < -0.39 is 11.5 Å². The maximum atomic E-state index is 10.6. The smallest absolute Gasteiger partial charge is 0.404 e. The molecule has 84 valence electrons. The average molecular weight is 203 g/mol. The molecular weight excluding hydrogens is 182 g/mol. The largest absolute Gasteiger partial charge is 0.465 e. The molecule has 0 saturated carbocycles. The summed E-state index contributed by atoms with van der Waals surface area (Å²) >= 11 is 0. The molecule has 0 aliphatic heterocycles. The highest BCUT2D eigenvalue weighted by atomic mass is 16.4. The quantitative estimate of drug-likeness (QED) is 0.653. The lowest BCUT2D eigenvalue weighted by atomic mass is 9.71. The van der Waals surface area contributed by atoms with E-state index in [0.29, 0.717) is 0 Å². The minimum Gasteiger partial charge on any atom is -0.465 e. The van der Waals surface area contributed by atoms with Crippen molar-refractivity contribution in [1.29, 1.82) is 0 Å². The average Bonchev–Trinajstić information content (AvgIpc) is 1.98. The first kappa shape index (κ1) is 13.2. The van der Waals surface area contributed by atoms with Crippen LogP contribution in [0.2, 0.25) is 0 Å². The molecule has 0 aromatic rings. The van der Waals surface area contributed by atoms with E-state index >= 15 is 0 Å². The predicted octanol–water partition coefficient (Wildman–Crippen LogP) is 1.69. The summed E-state index contributed by atoms with van der Waals surface area (Å²) in [6.07, 6.45) is -1.05. The Morgan fingerprint density at radius 2 is 1.71 bits per heavy atom. The number of aliphatic hydroxyl groups is 1. The van der Waals surface area contributed by atoms with Crippen molar-refractivity contribution < 1.29 is 15.0 Å². The van der Waals surface area contributed by atoms with E-state index in [-0.39, 0.29) is 18.1 Å². The molecule has 0 aliphatic rings. The Morgan fingerprint density at radius 1 is 1.29 bits per heavy atom. The van der Waals surface area contributed by atoms with Gasteiger partial charge < -0.3 is 15.5 Å². The topological polar surface area (TPSA) is 69.6 Å². The highest BCUT2D eigenvalue weighted by Gasteiger charge is 2.38. The highest BCUT2D eigenvalue weighted by Crippen LogP contribution is 2.33. The van der Waals surface area contributed by atoms with Crippen LogP contribution in [0.3, 0.4) is 0 Å². The number of amides is 1. The fourth-order valence-corrected chi connectivity index (χ4v) is 1.80. The van der Waals surface area contributed by atoms with Crippen molar-refractivity contribution >= 4 is 6.09 Å². The number of hydrogen-bond donors (Lipinski definition) is 3. The van der Waals surface area contributed by atoms with Crippen LogP contribution in [0.15, 0.2) is 0 Å². The SMILES string of the molecule is CC(C)(C)C(NC(=O)O)C(C)(C)CO. The third kappa shape index (κ3) is 3.54. The van der Waals surface area contributed by atoms with E-state index in [4.69, 9.17) is 5.11 Å². The molecule has 0 bridgehead atoms. The van der Waals surface area contributed by atoms with Crippen molar-refractivity contribution in [3.8, 4) is 0 Å². The lowest BCUT2D eigenvalue weighted by Crippen LogP contribution is -2.53. The Labute approximate surface area is 85.3 Å². The third-order valence-electron chi connectivity index (χ3n) is 2.32. The van der Waals surface area contributed by atoms with E-state index in [9.17, 15) is 9.90 Å². The van der Waals surface area contributed by atoms with Crippen molar-refractivity contribution in [2.75, 3.05) is 6.61 Å². The van der Waals surface area contributed by atoms with E-state index in [1.807, 2.05) is 34.6 Å². The van der Waals surface area contributed by atoms with Crippen LogP contribution in [0.5, 0.6) is 0 Å². The van der Waals surface area contributed by atoms with Gasteiger partial charge in [-0.05, 0) is 5.41 Å². The molecule has 1 atom stereocenters. The maximum Gasteiger partial charge on any atom is 0.404 e. The Bertz CT molecular complexity index is 206. The number of hydrogen-bond acceptors (Lipinski definition) is 2. The summed E-state index contributed by atoms with van der Waals surface area (Å²) in [7, 11) is 0. The molecule has 0 heterocycles. The van der Waals surface area contributed by atoms with Gasteiger partial charge in [0.05, 0.1) is 6.61 Å². The summed E-state index contributed by atoms with van der Waals surface area (Å²) < 4.78 is 0. The first-order valence-electron chi connectivity index (χ1n) is 4.71. The van der Waals surface area contributed by atoms with Gasteiger partial charge in [-0.15, -0.1) is 0 Å². The minimum atomic E-state index is -1.05. The van der Waals surface area contributed by atoms with E-state index in [1.165, 1.54) is 0 Å². The highest BCUT2D eigenvalue weighted by molar-refractivity contribution is 5.65. The number of aliphatic hydroxyl groups excluding tert-OH is 1. The molecule has 0 spiro atoms. The Morgan fingerprint density at radius 3 is 1.93 bits per heavy atom. The van der Waals surface area contributed by atoms with Crippen LogP contribution in [0.25, 0.3) is 0 Å². The van der Waals surface area contributed by atoms with Crippen molar-refractivity contribution in [1.82, 2.24) is 5.32 Å². The first-order chi connectivity index (χ1) is 6.11. The zero-order valence-corrected chi connectivity index (χ0v) is 9.59. The molecule has 3 N–H and O–H groups in total. The second kappa shape index (κ2) is 4.17. The van der Waals surface area contributed by atoms with Crippen LogP contribution < -0.4 is 5.32 Å². The molecule has 0 fully saturated rings. The lowest BCUT2D eigenvalue weighted by Gasteiger charge is -2.41. The molecule has 0 saturated heterocycles. The van der Waals surface area contributed by atoms with Crippen LogP contribution >= 0.6 is 0 Å². The standard InChI is InChI=1S/C10H21NO3/c1-9(2,3)7(11-8(13)14)10(4,5)6-12/h7,11-12H,6H2,1-5H3,(H,13,14). The lowest BCUT2D eigenvalue weighted by molar-refractivity contribution is 0.0591. The van der Waals surface area contributed by atoms with E-state index in [1.54, 1.807) is 0 Å². The van der Waals surface area contributed by atoms with Crippen LogP contribution in [-0.4, -0.2) is 29.0 Å². The first-order valence-corrected chi connectivity index (χ1v) is 4.71. The molecule has 14 heavy (non-hydrogen) atoms. The molecular formula is C10H21NO3. The van der Waals surface area contributed by atoms with Gasteiger partial charge >= 0.3 is 6.09 Å². The summed E-state index contributed by atoms with van der Waals surface area (Å²) in [4.78, 5) is 10.6. The van der Waals surface area contributed by atoms with Gasteiger partial charge in [0, 0.05) is 11.5 Å². The predicted molar refractivity (Wildman–Crippen MR) is 55.3 cm³/mol. The van der Waals surface area contributed by atoms with Gasteiger partial charge in [0.1, 0.15) is 0 Å². The van der Waals surface area contributed by atoms with Gasteiger partial charge in [0.25, 0.3) is 0 Å². The molecule has 0 rings (SSSR count). The van der Waals surface area contributed by atoms with Crippen molar-refractivity contribution in [3.05, 3.63) is 0 Å². The van der Waals surface area contributed by atoms with Crippen LogP contribution in [-0.2, 0) is 0 Å². The summed E-state index contributed by atoms with van der Waals surface area (Å²) in [5.41, 5.74) is -0.679. The molecule has 1 amide bonds. The van der Waals surface area contributed by atoms with Gasteiger partial charge in [-0.3, -0.25) is 0 Å². The zero-order valence-electron chi connectivity index (χ0n) is 9.59. The van der Waals surface area contributed by atoms with Crippen molar-refractivity contribution in [3.63, 3.8) is 0 Å². The summed E-state index contributed by atoms with van der Waals surface area (Å²) in [6.45, 7) is 9.49. The number of carbonyl (C=O) groups is 1. The number of nitrogens with one attached hydrogen (secondary N) is 1. The van der Waals surface area contributed by atoms with Crippen LogP contribution in [0, 0.1) is 10.8 Å². The fourth-order valence-electron chi connectivity index (χ4n) is 1.80. The Hall–Kier alpha value is -0.770. The monoisotopic (exact) mass is 203 g/mol. The molecule has 0 aromatic carbocycles. The molecule has 1 unspecified atom stereocenters. The van der Waals surface area contributed by atoms with E-state index in [2.05, 4.69) is 5.32 Å². The number of rotatable bonds is 3. The van der Waals surface area contributed by atoms with Gasteiger partial charge in [-0.1, -0.05) is 34.6 Å². The molecule has 4 nitrogen and oxygen atoms in total. The Balaban J connectivity index is 4.82.